The van der Waals surface area contributed by atoms with Gasteiger partial charge in [0.2, 0.25) is 0 Å². The Morgan fingerprint density at radius 2 is 1.93 bits per heavy atom. The highest BCUT2D eigenvalue weighted by Gasteiger charge is 2.55. The maximum atomic E-state index is 10.8. The highest BCUT2D eigenvalue weighted by Crippen LogP contribution is 2.53. The van der Waals surface area contributed by atoms with Gasteiger partial charge in [0.15, 0.2) is 0 Å². The van der Waals surface area contributed by atoms with Gasteiger partial charge in [-0.25, -0.2) is 0 Å². The summed E-state index contributed by atoms with van der Waals surface area (Å²) in [5.41, 5.74) is 1.01. The molecule has 74 valence electrons. The Bertz CT molecular complexity index is 334. The molecule has 0 radical (unpaired) electrons. The molecule has 0 aliphatic heterocycles. The zero-order chi connectivity index (χ0) is 10.1. The summed E-state index contributed by atoms with van der Waals surface area (Å²) in [5.74, 6) is -1.31. The van der Waals surface area contributed by atoms with E-state index < -0.39 is 11.9 Å². The van der Waals surface area contributed by atoms with Crippen LogP contribution in [0.15, 0.2) is 30.3 Å². The number of rotatable bonds is 3. The second kappa shape index (κ2) is 3.42. The molecule has 0 spiro atoms. The van der Waals surface area contributed by atoms with Crippen molar-refractivity contribution in [2.45, 2.75) is 5.92 Å². The van der Waals surface area contributed by atoms with Gasteiger partial charge in [0, 0.05) is 18.4 Å². The van der Waals surface area contributed by atoms with Gasteiger partial charge in [0.25, 0.3) is 0 Å². The summed E-state index contributed by atoms with van der Waals surface area (Å²) in [5, 5.41) is 17.9. The van der Waals surface area contributed by atoms with E-state index >= 15 is 0 Å². The molecular formula is C11H12O3. The third kappa shape index (κ3) is 1.40. The van der Waals surface area contributed by atoms with E-state index in [0.717, 1.165) is 5.56 Å². The minimum absolute atomic E-state index is 0.00120. The molecule has 1 saturated carbocycles. The smallest absolute Gasteiger partial charge is 0.307 e. The minimum atomic E-state index is -0.807. The van der Waals surface area contributed by atoms with Crippen molar-refractivity contribution in [2.24, 2.45) is 11.8 Å². The molecule has 3 nitrogen and oxygen atoms in total. The molecule has 3 heteroatoms. The van der Waals surface area contributed by atoms with E-state index in [9.17, 15) is 4.79 Å². The van der Waals surface area contributed by atoms with E-state index in [1.54, 1.807) is 0 Å². The molecule has 1 fully saturated rings. The molecule has 0 saturated heterocycles. The average molecular weight is 192 g/mol. The predicted octanol–water partition coefficient (Wildman–Crippen LogP) is 1.09. The molecule has 1 aromatic rings. The monoisotopic (exact) mass is 192 g/mol. The minimum Gasteiger partial charge on any atom is -0.481 e. The lowest BCUT2D eigenvalue weighted by Gasteiger charge is -1.96. The Kier molecular flexibility index (Phi) is 2.25. The maximum absolute atomic E-state index is 10.8. The standard InChI is InChI=1S/C11H12O3/c12-6-8-9(10(8)11(13)14)7-4-2-1-3-5-7/h1-5,8-10,12H,6H2,(H,13,14)/t8-,9+,10-/m0/s1. The van der Waals surface area contributed by atoms with Gasteiger partial charge < -0.3 is 10.2 Å². The molecule has 0 aromatic heterocycles. The van der Waals surface area contributed by atoms with Crippen LogP contribution in [0, 0.1) is 11.8 Å². The van der Waals surface area contributed by atoms with Gasteiger partial charge in [-0.2, -0.15) is 0 Å². The van der Waals surface area contributed by atoms with E-state index in [2.05, 4.69) is 0 Å². The fraction of sp³-hybridized carbons (Fsp3) is 0.364. The molecule has 3 atom stereocenters. The van der Waals surface area contributed by atoms with Crippen molar-refractivity contribution in [2.75, 3.05) is 6.61 Å². The number of carbonyl (C=O) groups is 1. The lowest BCUT2D eigenvalue weighted by Crippen LogP contribution is -2.01. The SMILES string of the molecule is O=C(O)[C@H]1[C@@H](CO)[C@H]1c1ccccc1. The normalized spacial score (nSPS) is 29.9. The van der Waals surface area contributed by atoms with Crippen LogP contribution in [-0.2, 0) is 4.79 Å². The maximum Gasteiger partial charge on any atom is 0.307 e. The number of carboxylic acid groups (broad SMARTS) is 1. The van der Waals surface area contributed by atoms with Crippen LogP contribution in [0.4, 0.5) is 0 Å². The molecule has 0 bridgehead atoms. The second-order valence-corrected chi connectivity index (χ2v) is 3.65. The molecule has 1 aliphatic rings. The van der Waals surface area contributed by atoms with Crippen molar-refractivity contribution in [3.63, 3.8) is 0 Å². The van der Waals surface area contributed by atoms with E-state index in [1.165, 1.54) is 0 Å². The summed E-state index contributed by atoms with van der Waals surface area (Å²) in [6, 6.07) is 9.50. The van der Waals surface area contributed by atoms with Crippen LogP contribution in [0.25, 0.3) is 0 Å². The number of hydrogen-bond donors (Lipinski definition) is 2. The van der Waals surface area contributed by atoms with Crippen LogP contribution < -0.4 is 0 Å². The van der Waals surface area contributed by atoms with E-state index in [4.69, 9.17) is 10.2 Å². The quantitative estimate of drug-likeness (QED) is 0.753. The Morgan fingerprint density at radius 3 is 2.36 bits per heavy atom. The molecular weight excluding hydrogens is 180 g/mol. The summed E-state index contributed by atoms with van der Waals surface area (Å²) in [4.78, 5) is 10.8. The largest absolute Gasteiger partial charge is 0.481 e. The third-order valence-corrected chi connectivity index (χ3v) is 2.85. The summed E-state index contributed by atoms with van der Waals surface area (Å²) in [6.45, 7) is -0.0451. The van der Waals surface area contributed by atoms with Crippen LogP contribution in [0.2, 0.25) is 0 Å². The fourth-order valence-electron chi connectivity index (χ4n) is 2.07. The second-order valence-electron chi connectivity index (χ2n) is 3.65. The topological polar surface area (TPSA) is 57.5 Å². The van der Waals surface area contributed by atoms with Gasteiger partial charge >= 0.3 is 5.97 Å². The first-order valence-corrected chi connectivity index (χ1v) is 4.64. The van der Waals surface area contributed by atoms with Crippen molar-refractivity contribution < 1.29 is 15.0 Å². The summed E-state index contributed by atoms with van der Waals surface area (Å²) >= 11 is 0. The highest BCUT2D eigenvalue weighted by atomic mass is 16.4. The van der Waals surface area contributed by atoms with Crippen molar-refractivity contribution in [3.05, 3.63) is 35.9 Å². The number of aliphatic hydroxyl groups is 1. The van der Waals surface area contributed by atoms with Crippen molar-refractivity contribution in [3.8, 4) is 0 Å². The van der Waals surface area contributed by atoms with Gasteiger partial charge in [0.1, 0.15) is 0 Å². The van der Waals surface area contributed by atoms with Gasteiger partial charge in [-0.1, -0.05) is 30.3 Å². The summed E-state index contributed by atoms with van der Waals surface area (Å²) < 4.78 is 0. The van der Waals surface area contributed by atoms with Crippen LogP contribution in [0.3, 0.4) is 0 Å². The highest BCUT2D eigenvalue weighted by molar-refractivity contribution is 5.76. The Hall–Kier alpha value is -1.35. The summed E-state index contributed by atoms with van der Waals surface area (Å²) in [6.07, 6.45) is 0. The summed E-state index contributed by atoms with van der Waals surface area (Å²) in [7, 11) is 0. The first-order valence-electron chi connectivity index (χ1n) is 4.64. The van der Waals surface area contributed by atoms with E-state index in [1.807, 2.05) is 30.3 Å². The van der Waals surface area contributed by atoms with Crippen molar-refractivity contribution in [1.29, 1.82) is 0 Å². The van der Waals surface area contributed by atoms with Gasteiger partial charge in [-0.05, 0) is 5.56 Å². The van der Waals surface area contributed by atoms with Gasteiger partial charge in [0.05, 0.1) is 5.92 Å². The predicted molar refractivity (Wildman–Crippen MR) is 50.9 cm³/mol. The molecule has 2 rings (SSSR count). The molecule has 14 heavy (non-hydrogen) atoms. The van der Waals surface area contributed by atoms with Crippen molar-refractivity contribution >= 4 is 5.97 Å². The number of hydrogen-bond acceptors (Lipinski definition) is 2. The number of aliphatic carboxylic acids is 1. The molecule has 0 amide bonds. The first kappa shape index (κ1) is 9.21. The molecule has 1 aliphatic carbocycles. The van der Waals surface area contributed by atoms with E-state index in [-0.39, 0.29) is 18.4 Å². The zero-order valence-corrected chi connectivity index (χ0v) is 7.63. The fourth-order valence-corrected chi connectivity index (χ4v) is 2.07. The molecule has 0 unspecified atom stereocenters. The van der Waals surface area contributed by atoms with Crippen LogP contribution >= 0.6 is 0 Å². The Balaban J connectivity index is 2.18. The van der Waals surface area contributed by atoms with Gasteiger partial charge in [-0.3, -0.25) is 4.79 Å². The van der Waals surface area contributed by atoms with Gasteiger partial charge in [-0.15, -0.1) is 0 Å². The van der Waals surface area contributed by atoms with E-state index in [0.29, 0.717) is 0 Å². The number of benzene rings is 1. The number of aliphatic hydroxyl groups excluding tert-OH is 1. The Morgan fingerprint density at radius 1 is 1.29 bits per heavy atom. The first-order chi connectivity index (χ1) is 6.75. The lowest BCUT2D eigenvalue weighted by atomic mass is 10.1. The van der Waals surface area contributed by atoms with Crippen LogP contribution in [0.5, 0.6) is 0 Å². The molecule has 1 aromatic carbocycles. The molecule has 0 heterocycles. The zero-order valence-electron chi connectivity index (χ0n) is 7.63. The van der Waals surface area contributed by atoms with Crippen LogP contribution in [0.1, 0.15) is 11.5 Å². The number of carboxylic acids is 1. The lowest BCUT2D eigenvalue weighted by molar-refractivity contribution is -0.139. The average Bonchev–Trinajstić information content (AvgIpc) is 2.93. The molecule has 2 N–H and O–H groups in total. The van der Waals surface area contributed by atoms with Crippen LogP contribution in [-0.4, -0.2) is 22.8 Å². The third-order valence-electron chi connectivity index (χ3n) is 2.85. The van der Waals surface area contributed by atoms with Crippen molar-refractivity contribution in [1.82, 2.24) is 0 Å². The Labute approximate surface area is 82.0 Å².